The SMILES string of the molecule is Cc1ccccc1CC(=O)Nc1ccc(F)c(CN2CCN(C(=O)C3CCCC3)[C@@H](C)C2)c1C. The lowest BCUT2D eigenvalue weighted by Gasteiger charge is -2.41. The van der Waals surface area contributed by atoms with E-state index >= 15 is 0 Å². The van der Waals surface area contributed by atoms with Crippen molar-refractivity contribution in [3.8, 4) is 0 Å². The number of benzene rings is 2. The number of hydrogen-bond donors (Lipinski definition) is 1. The zero-order valence-electron chi connectivity index (χ0n) is 20.6. The van der Waals surface area contributed by atoms with Gasteiger partial charge >= 0.3 is 0 Å². The Hall–Kier alpha value is -2.73. The van der Waals surface area contributed by atoms with Crippen LogP contribution in [0.3, 0.4) is 0 Å². The molecule has 1 saturated carbocycles. The quantitative estimate of drug-likeness (QED) is 0.664. The van der Waals surface area contributed by atoms with Gasteiger partial charge in [-0.15, -0.1) is 0 Å². The van der Waals surface area contributed by atoms with Gasteiger partial charge in [-0.2, -0.15) is 0 Å². The first kappa shape index (κ1) is 24.4. The van der Waals surface area contributed by atoms with Gasteiger partial charge in [0.1, 0.15) is 5.82 Å². The van der Waals surface area contributed by atoms with E-state index in [9.17, 15) is 14.0 Å². The van der Waals surface area contributed by atoms with Crippen molar-refractivity contribution in [1.82, 2.24) is 9.80 Å². The Balaban J connectivity index is 1.40. The summed E-state index contributed by atoms with van der Waals surface area (Å²) in [5.74, 6) is 0.119. The Morgan fingerprint density at radius 1 is 1.06 bits per heavy atom. The largest absolute Gasteiger partial charge is 0.337 e. The summed E-state index contributed by atoms with van der Waals surface area (Å²) in [4.78, 5) is 29.8. The summed E-state index contributed by atoms with van der Waals surface area (Å²) in [6.07, 6.45) is 4.62. The summed E-state index contributed by atoms with van der Waals surface area (Å²) in [6, 6.07) is 11.0. The average molecular weight is 466 g/mol. The summed E-state index contributed by atoms with van der Waals surface area (Å²) >= 11 is 0. The van der Waals surface area contributed by atoms with Gasteiger partial charge in [-0.3, -0.25) is 14.5 Å². The van der Waals surface area contributed by atoms with E-state index in [1.54, 1.807) is 6.07 Å². The third-order valence-electron chi connectivity index (χ3n) is 7.51. The first-order valence-electron chi connectivity index (χ1n) is 12.5. The van der Waals surface area contributed by atoms with E-state index in [1.165, 1.54) is 6.07 Å². The van der Waals surface area contributed by atoms with Crippen LogP contribution in [-0.4, -0.2) is 47.3 Å². The number of nitrogens with one attached hydrogen (secondary N) is 1. The van der Waals surface area contributed by atoms with Crippen LogP contribution in [0.15, 0.2) is 36.4 Å². The molecule has 1 heterocycles. The predicted octanol–water partition coefficient (Wildman–Crippen LogP) is 4.85. The number of halogens is 1. The van der Waals surface area contributed by atoms with Gasteiger partial charge in [0, 0.05) is 49.4 Å². The molecular formula is C28H36FN3O2. The molecule has 5 nitrogen and oxygen atoms in total. The Labute approximate surface area is 202 Å². The molecule has 0 bridgehead atoms. The van der Waals surface area contributed by atoms with Crippen LogP contribution in [0.5, 0.6) is 0 Å². The minimum absolute atomic E-state index is 0.109. The van der Waals surface area contributed by atoms with Gasteiger partial charge in [0.05, 0.1) is 6.42 Å². The molecule has 1 aliphatic carbocycles. The van der Waals surface area contributed by atoms with E-state index in [1.807, 2.05) is 43.0 Å². The number of hydrogen-bond acceptors (Lipinski definition) is 3. The van der Waals surface area contributed by atoms with Crippen LogP contribution in [0.25, 0.3) is 0 Å². The Bertz CT molecular complexity index is 1050. The Kier molecular flexibility index (Phi) is 7.67. The van der Waals surface area contributed by atoms with Crippen LogP contribution >= 0.6 is 0 Å². The van der Waals surface area contributed by atoms with E-state index in [2.05, 4.69) is 17.1 Å². The van der Waals surface area contributed by atoms with Crippen LogP contribution in [-0.2, 0) is 22.6 Å². The molecule has 0 radical (unpaired) electrons. The number of piperazine rings is 1. The molecule has 182 valence electrons. The molecule has 1 saturated heterocycles. The van der Waals surface area contributed by atoms with Crippen LogP contribution < -0.4 is 5.32 Å². The molecule has 2 aromatic rings. The second-order valence-corrected chi connectivity index (χ2v) is 9.95. The van der Waals surface area contributed by atoms with E-state index in [0.717, 1.165) is 55.5 Å². The Morgan fingerprint density at radius 3 is 2.50 bits per heavy atom. The Morgan fingerprint density at radius 2 is 1.79 bits per heavy atom. The number of carbonyl (C=O) groups excluding carboxylic acids is 2. The summed E-state index contributed by atoms with van der Waals surface area (Å²) in [6.45, 7) is 8.55. The van der Waals surface area contributed by atoms with Gasteiger partial charge < -0.3 is 10.2 Å². The highest BCUT2D eigenvalue weighted by molar-refractivity contribution is 5.93. The first-order chi connectivity index (χ1) is 16.3. The lowest BCUT2D eigenvalue weighted by atomic mass is 10.0. The molecule has 2 aliphatic rings. The van der Waals surface area contributed by atoms with Crippen molar-refractivity contribution in [3.63, 3.8) is 0 Å². The lowest BCUT2D eigenvalue weighted by Crippen LogP contribution is -2.54. The zero-order chi connectivity index (χ0) is 24.2. The van der Waals surface area contributed by atoms with Crippen molar-refractivity contribution >= 4 is 17.5 Å². The second-order valence-electron chi connectivity index (χ2n) is 9.95. The molecule has 0 unspecified atom stereocenters. The molecule has 1 N–H and O–H groups in total. The lowest BCUT2D eigenvalue weighted by molar-refractivity contribution is -0.140. The minimum atomic E-state index is -0.258. The molecule has 2 amide bonds. The predicted molar refractivity (Wildman–Crippen MR) is 133 cm³/mol. The van der Waals surface area contributed by atoms with Gasteiger partial charge in [0.25, 0.3) is 0 Å². The molecule has 1 aliphatic heterocycles. The molecule has 1 atom stereocenters. The highest BCUT2D eigenvalue weighted by Crippen LogP contribution is 2.29. The van der Waals surface area contributed by atoms with Crippen molar-refractivity contribution in [2.45, 2.75) is 65.5 Å². The molecule has 2 aromatic carbocycles. The van der Waals surface area contributed by atoms with E-state index < -0.39 is 0 Å². The fourth-order valence-electron chi connectivity index (χ4n) is 5.36. The normalized spacial score (nSPS) is 19.4. The van der Waals surface area contributed by atoms with Crippen molar-refractivity contribution in [3.05, 3.63) is 64.5 Å². The maximum Gasteiger partial charge on any atom is 0.228 e. The molecular weight excluding hydrogens is 429 g/mol. The summed E-state index contributed by atoms with van der Waals surface area (Å²) in [7, 11) is 0. The number of amides is 2. The third-order valence-corrected chi connectivity index (χ3v) is 7.51. The van der Waals surface area contributed by atoms with Crippen LogP contribution in [0, 0.1) is 25.6 Å². The summed E-state index contributed by atoms with van der Waals surface area (Å²) in [5, 5.41) is 2.98. The molecule has 0 spiro atoms. The number of aryl methyl sites for hydroxylation is 1. The smallest absolute Gasteiger partial charge is 0.228 e. The zero-order valence-corrected chi connectivity index (χ0v) is 20.6. The molecule has 6 heteroatoms. The van der Waals surface area contributed by atoms with E-state index in [-0.39, 0.29) is 30.1 Å². The highest BCUT2D eigenvalue weighted by atomic mass is 19.1. The average Bonchev–Trinajstić information content (AvgIpc) is 3.35. The molecule has 4 rings (SSSR count). The number of carbonyl (C=O) groups is 2. The number of nitrogens with zero attached hydrogens (tertiary/aromatic N) is 2. The molecule has 2 fully saturated rings. The highest BCUT2D eigenvalue weighted by Gasteiger charge is 2.33. The first-order valence-corrected chi connectivity index (χ1v) is 12.5. The van der Waals surface area contributed by atoms with E-state index in [0.29, 0.717) is 30.2 Å². The standard InChI is InChI=1S/C28H36FN3O2/c1-19-8-4-5-11-23(19)16-27(33)30-26-13-12-25(29)24(21(26)3)18-31-14-15-32(20(2)17-31)28(34)22-9-6-7-10-22/h4-5,8,11-13,20,22H,6-7,9-10,14-18H2,1-3H3,(H,30,33)/t20-/m0/s1. The third kappa shape index (κ3) is 5.49. The van der Waals surface area contributed by atoms with Crippen LogP contribution in [0.1, 0.15) is 54.9 Å². The van der Waals surface area contributed by atoms with Crippen molar-refractivity contribution in [2.24, 2.45) is 5.92 Å². The summed E-state index contributed by atoms with van der Waals surface area (Å²) < 4.78 is 14.8. The van der Waals surface area contributed by atoms with Crippen LogP contribution in [0.2, 0.25) is 0 Å². The van der Waals surface area contributed by atoms with Crippen LogP contribution in [0.4, 0.5) is 10.1 Å². The van der Waals surface area contributed by atoms with Crippen molar-refractivity contribution < 1.29 is 14.0 Å². The second kappa shape index (κ2) is 10.7. The number of rotatable bonds is 6. The molecule has 34 heavy (non-hydrogen) atoms. The summed E-state index contributed by atoms with van der Waals surface area (Å²) in [5.41, 5.74) is 4.08. The van der Waals surface area contributed by atoms with Gasteiger partial charge in [0.2, 0.25) is 11.8 Å². The van der Waals surface area contributed by atoms with Gasteiger partial charge in [-0.25, -0.2) is 4.39 Å². The maximum absolute atomic E-state index is 14.8. The fraction of sp³-hybridized carbons (Fsp3) is 0.500. The van der Waals surface area contributed by atoms with Gasteiger partial charge in [0.15, 0.2) is 0 Å². The molecule has 0 aromatic heterocycles. The van der Waals surface area contributed by atoms with E-state index in [4.69, 9.17) is 0 Å². The maximum atomic E-state index is 14.8. The fourth-order valence-corrected chi connectivity index (χ4v) is 5.36. The van der Waals surface area contributed by atoms with Crippen molar-refractivity contribution in [2.75, 3.05) is 25.0 Å². The van der Waals surface area contributed by atoms with Gasteiger partial charge in [-0.05, 0) is 62.4 Å². The van der Waals surface area contributed by atoms with Gasteiger partial charge in [-0.1, -0.05) is 37.1 Å². The van der Waals surface area contributed by atoms with Crippen molar-refractivity contribution in [1.29, 1.82) is 0 Å². The topological polar surface area (TPSA) is 52.7 Å². The minimum Gasteiger partial charge on any atom is -0.337 e. The number of anilines is 1. The monoisotopic (exact) mass is 465 g/mol.